The standard InChI is InChI=1S/C18H16F2N2O/c1-12(2)22(11-14-5-3-13(10-21)4-6-14)18(23)15-7-8-16(19)17(20)9-15/h3-9,12H,11H2,1-2H3. The quantitative estimate of drug-likeness (QED) is 0.859. The molecule has 3 nitrogen and oxygen atoms in total. The van der Waals surface area contributed by atoms with Gasteiger partial charge >= 0.3 is 0 Å². The number of carbonyl (C=O) groups is 1. The van der Waals surface area contributed by atoms with Crippen LogP contribution in [0, 0.1) is 23.0 Å². The summed E-state index contributed by atoms with van der Waals surface area (Å²) in [5, 5.41) is 8.80. The third-order valence-corrected chi connectivity index (χ3v) is 3.49. The highest BCUT2D eigenvalue weighted by Gasteiger charge is 2.20. The summed E-state index contributed by atoms with van der Waals surface area (Å²) in [6.07, 6.45) is 0. The summed E-state index contributed by atoms with van der Waals surface area (Å²) in [6.45, 7) is 4.02. The molecule has 0 unspecified atom stereocenters. The van der Waals surface area contributed by atoms with Crippen LogP contribution in [0.4, 0.5) is 8.78 Å². The van der Waals surface area contributed by atoms with E-state index in [-0.39, 0.29) is 17.5 Å². The van der Waals surface area contributed by atoms with E-state index in [0.717, 1.165) is 17.7 Å². The maximum Gasteiger partial charge on any atom is 0.254 e. The highest BCUT2D eigenvalue weighted by atomic mass is 19.2. The van der Waals surface area contributed by atoms with E-state index in [1.165, 1.54) is 6.07 Å². The number of hydrogen-bond donors (Lipinski definition) is 0. The van der Waals surface area contributed by atoms with Crippen LogP contribution in [0.1, 0.15) is 35.3 Å². The predicted molar refractivity (Wildman–Crippen MR) is 82.5 cm³/mol. The minimum Gasteiger partial charge on any atom is -0.332 e. The zero-order valence-corrected chi connectivity index (χ0v) is 12.9. The molecule has 0 spiro atoms. The van der Waals surface area contributed by atoms with Crippen LogP contribution in [0.5, 0.6) is 0 Å². The Bertz CT molecular complexity index is 749. The largest absolute Gasteiger partial charge is 0.332 e. The van der Waals surface area contributed by atoms with Gasteiger partial charge in [-0.05, 0) is 49.7 Å². The summed E-state index contributed by atoms with van der Waals surface area (Å²) < 4.78 is 26.4. The fraction of sp³-hybridized carbons (Fsp3) is 0.222. The van der Waals surface area contributed by atoms with E-state index in [4.69, 9.17) is 5.26 Å². The Hall–Kier alpha value is -2.74. The Morgan fingerprint density at radius 1 is 1.13 bits per heavy atom. The summed E-state index contributed by atoms with van der Waals surface area (Å²) in [7, 11) is 0. The Balaban J connectivity index is 2.24. The molecule has 0 aliphatic rings. The fourth-order valence-electron chi connectivity index (χ4n) is 2.17. The van der Waals surface area contributed by atoms with Gasteiger partial charge in [-0.25, -0.2) is 8.78 Å². The van der Waals surface area contributed by atoms with Crippen molar-refractivity contribution < 1.29 is 13.6 Å². The first-order valence-electron chi connectivity index (χ1n) is 7.17. The summed E-state index contributed by atoms with van der Waals surface area (Å²) in [4.78, 5) is 14.1. The van der Waals surface area contributed by atoms with E-state index in [0.29, 0.717) is 12.1 Å². The van der Waals surface area contributed by atoms with Gasteiger partial charge < -0.3 is 4.90 Å². The van der Waals surface area contributed by atoms with Crippen LogP contribution in [0.15, 0.2) is 42.5 Å². The second-order valence-electron chi connectivity index (χ2n) is 5.46. The molecule has 0 N–H and O–H groups in total. The van der Waals surface area contributed by atoms with Crippen LogP contribution in [0.3, 0.4) is 0 Å². The van der Waals surface area contributed by atoms with E-state index in [1.807, 2.05) is 19.9 Å². The SMILES string of the molecule is CC(C)N(Cc1ccc(C#N)cc1)C(=O)c1ccc(F)c(F)c1. The van der Waals surface area contributed by atoms with E-state index >= 15 is 0 Å². The van der Waals surface area contributed by atoms with Gasteiger partial charge in [0, 0.05) is 18.2 Å². The Morgan fingerprint density at radius 2 is 1.78 bits per heavy atom. The first-order valence-corrected chi connectivity index (χ1v) is 7.17. The van der Waals surface area contributed by atoms with Crippen molar-refractivity contribution in [1.82, 2.24) is 4.90 Å². The summed E-state index contributed by atoms with van der Waals surface area (Å²) in [5.41, 5.74) is 1.50. The van der Waals surface area contributed by atoms with Crippen molar-refractivity contribution in [1.29, 1.82) is 5.26 Å². The van der Waals surface area contributed by atoms with Crippen molar-refractivity contribution in [3.05, 3.63) is 70.8 Å². The average Bonchev–Trinajstić information content (AvgIpc) is 2.54. The number of rotatable bonds is 4. The molecule has 0 aliphatic carbocycles. The van der Waals surface area contributed by atoms with Crippen LogP contribution >= 0.6 is 0 Å². The maximum atomic E-state index is 13.3. The Labute approximate surface area is 133 Å². The number of nitriles is 1. The molecule has 23 heavy (non-hydrogen) atoms. The van der Waals surface area contributed by atoms with Gasteiger partial charge in [0.2, 0.25) is 0 Å². The zero-order valence-electron chi connectivity index (χ0n) is 12.9. The lowest BCUT2D eigenvalue weighted by molar-refractivity contribution is 0.0689. The first kappa shape index (κ1) is 16.6. The smallest absolute Gasteiger partial charge is 0.254 e. The Morgan fingerprint density at radius 3 is 2.30 bits per heavy atom. The van der Waals surface area contributed by atoms with Crippen LogP contribution < -0.4 is 0 Å². The molecule has 5 heteroatoms. The number of nitrogens with zero attached hydrogens (tertiary/aromatic N) is 2. The van der Waals surface area contributed by atoms with Gasteiger partial charge in [-0.1, -0.05) is 12.1 Å². The molecule has 0 aliphatic heterocycles. The van der Waals surface area contributed by atoms with E-state index < -0.39 is 11.6 Å². The van der Waals surface area contributed by atoms with Crippen molar-refractivity contribution in [2.24, 2.45) is 0 Å². The molecule has 0 saturated heterocycles. The molecular weight excluding hydrogens is 298 g/mol. The molecule has 118 valence electrons. The van der Waals surface area contributed by atoms with Gasteiger partial charge in [0.25, 0.3) is 5.91 Å². The molecule has 2 rings (SSSR count). The molecule has 2 aromatic carbocycles. The Kier molecular flexibility index (Phi) is 5.07. The summed E-state index contributed by atoms with van der Waals surface area (Å²) in [5.74, 6) is -2.40. The molecule has 0 bridgehead atoms. The number of carbonyl (C=O) groups excluding carboxylic acids is 1. The number of benzene rings is 2. The van der Waals surface area contributed by atoms with Crippen molar-refractivity contribution in [3.63, 3.8) is 0 Å². The second-order valence-corrected chi connectivity index (χ2v) is 5.46. The maximum absolute atomic E-state index is 13.3. The second kappa shape index (κ2) is 7.01. The molecule has 0 heterocycles. The van der Waals surface area contributed by atoms with E-state index in [2.05, 4.69) is 0 Å². The average molecular weight is 314 g/mol. The third kappa shape index (κ3) is 3.92. The first-order chi connectivity index (χ1) is 10.9. The van der Waals surface area contributed by atoms with E-state index in [9.17, 15) is 13.6 Å². The van der Waals surface area contributed by atoms with Crippen LogP contribution in [0.2, 0.25) is 0 Å². The molecule has 0 aromatic heterocycles. The van der Waals surface area contributed by atoms with Gasteiger partial charge in [0.15, 0.2) is 11.6 Å². The lowest BCUT2D eigenvalue weighted by Gasteiger charge is -2.27. The minimum absolute atomic E-state index is 0.103. The highest BCUT2D eigenvalue weighted by Crippen LogP contribution is 2.16. The molecule has 0 fully saturated rings. The third-order valence-electron chi connectivity index (χ3n) is 3.49. The molecule has 2 aromatic rings. The number of halogens is 2. The number of amides is 1. The van der Waals surface area contributed by atoms with Gasteiger partial charge in [-0.2, -0.15) is 5.26 Å². The van der Waals surface area contributed by atoms with Crippen LogP contribution in [0.25, 0.3) is 0 Å². The number of hydrogen-bond acceptors (Lipinski definition) is 2. The molecule has 0 radical (unpaired) electrons. The van der Waals surface area contributed by atoms with Gasteiger partial charge in [0.05, 0.1) is 11.6 Å². The van der Waals surface area contributed by atoms with Gasteiger partial charge in [0.1, 0.15) is 0 Å². The molecule has 0 atom stereocenters. The van der Waals surface area contributed by atoms with Crippen LogP contribution in [-0.4, -0.2) is 16.8 Å². The van der Waals surface area contributed by atoms with E-state index in [1.54, 1.807) is 29.2 Å². The topological polar surface area (TPSA) is 44.1 Å². The molecule has 0 saturated carbocycles. The van der Waals surface area contributed by atoms with Crippen molar-refractivity contribution in [2.75, 3.05) is 0 Å². The monoisotopic (exact) mass is 314 g/mol. The van der Waals surface area contributed by atoms with Crippen LogP contribution in [-0.2, 0) is 6.54 Å². The highest BCUT2D eigenvalue weighted by molar-refractivity contribution is 5.94. The van der Waals surface area contributed by atoms with Crippen molar-refractivity contribution >= 4 is 5.91 Å². The molecule has 1 amide bonds. The zero-order chi connectivity index (χ0) is 17.0. The van der Waals surface area contributed by atoms with Gasteiger partial charge in [-0.3, -0.25) is 4.79 Å². The van der Waals surface area contributed by atoms with Gasteiger partial charge in [-0.15, -0.1) is 0 Å². The summed E-state index contributed by atoms with van der Waals surface area (Å²) in [6, 6.07) is 11.9. The predicted octanol–water partition coefficient (Wildman–Crippen LogP) is 3.89. The lowest BCUT2D eigenvalue weighted by atomic mass is 10.1. The lowest BCUT2D eigenvalue weighted by Crippen LogP contribution is -2.36. The van der Waals surface area contributed by atoms with Crippen molar-refractivity contribution in [2.45, 2.75) is 26.4 Å². The normalized spacial score (nSPS) is 10.4. The molecular formula is C18H16F2N2O. The van der Waals surface area contributed by atoms with Crippen molar-refractivity contribution in [3.8, 4) is 6.07 Å². The minimum atomic E-state index is -1.04. The fourth-order valence-corrected chi connectivity index (χ4v) is 2.17. The summed E-state index contributed by atoms with van der Waals surface area (Å²) >= 11 is 0.